The van der Waals surface area contributed by atoms with Gasteiger partial charge in [0.2, 0.25) is 5.91 Å². The minimum absolute atomic E-state index is 0.0463. The predicted molar refractivity (Wildman–Crippen MR) is 81.3 cm³/mol. The Bertz CT molecular complexity index is 487. The number of benzene rings is 1. The Labute approximate surface area is 124 Å². The maximum Gasteiger partial charge on any atom is 0.231 e. The van der Waals surface area contributed by atoms with Crippen LogP contribution in [-0.2, 0) is 4.79 Å². The third kappa shape index (κ3) is 4.01. The maximum absolute atomic E-state index is 12.0. The molecule has 1 amide bonds. The van der Waals surface area contributed by atoms with Crippen LogP contribution in [0.15, 0.2) is 35.2 Å². The SMILES string of the molecule is CC1CCC(C#N)(NC(=O)CSc2ccccc2)CC1. The lowest BCUT2D eigenvalue weighted by molar-refractivity contribution is -0.120. The molecule has 3 nitrogen and oxygen atoms in total. The molecule has 0 aromatic heterocycles. The normalized spacial score (nSPS) is 25.7. The number of nitriles is 1. The van der Waals surface area contributed by atoms with Crippen LogP contribution in [0.5, 0.6) is 0 Å². The summed E-state index contributed by atoms with van der Waals surface area (Å²) in [5.74, 6) is 0.977. The number of thioether (sulfide) groups is 1. The first kappa shape index (κ1) is 14.9. The van der Waals surface area contributed by atoms with E-state index in [0.29, 0.717) is 11.7 Å². The van der Waals surface area contributed by atoms with Crippen molar-refractivity contribution in [2.45, 2.75) is 43.0 Å². The molecular weight excluding hydrogens is 268 g/mol. The molecule has 1 fully saturated rings. The first-order valence-electron chi connectivity index (χ1n) is 7.04. The highest BCUT2D eigenvalue weighted by Crippen LogP contribution is 2.31. The molecule has 1 aromatic rings. The molecule has 1 aliphatic carbocycles. The minimum Gasteiger partial charge on any atom is -0.337 e. The second-order valence-electron chi connectivity index (χ2n) is 5.53. The number of nitrogens with one attached hydrogen (secondary N) is 1. The van der Waals surface area contributed by atoms with Crippen LogP contribution in [0.2, 0.25) is 0 Å². The first-order valence-corrected chi connectivity index (χ1v) is 8.02. The molecule has 20 heavy (non-hydrogen) atoms. The maximum atomic E-state index is 12.0. The fourth-order valence-electron chi connectivity index (χ4n) is 2.49. The molecule has 1 N–H and O–H groups in total. The van der Waals surface area contributed by atoms with Gasteiger partial charge < -0.3 is 5.32 Å². The summed E-state index contributed by atoms with van der Waals surface area (Å²) in [7, 11) is 0. The molecule has 0 aliphatic heterocycles. The van der Waals surface area contributed by atoms with Gasteiger partial charge in [0.1, 0.15) is 5.54 Å². The van der Waals surface area contributed by atoms with Gasteiger partial charge in [0.15, 0.2) is 0 Å². The molecule has 2 rings (SSSR count). The zero-order chi connectivity index (χ0) is 14.4. The summed E-state index contributed by atoms with van der Waals surface area (Å²) in [6.07, 6.45) is 3.57. The molecule has 1 aromatic carbocycles. The molecule has 0 bridgehead atoms. The Morgan fingerprint density at radius 1 is 1.40 bits per heavy atom. The van der Waals surface area contributed by atoms with E-state index in [1.807, 2.05) is 30.3 Å². The van der Waals surface area contributed by atoms with Crippen LogP contribution in [-0.4, -0.2) is 17.2 Å². The van der Waals surface area contributed by atoms with Gasteiger partial charge in [0.05, 0.1) is 11.8 Å². The Kier molecular flexibility index (Phi) is 5.08. The van der Waals surface area contributed by atoms with Gasteiger partial charge in [-0.1, -0.05) is 25.1 Å². The van der Waals surface area contributed by atoms with Gasteiger partial charge in [0.25, 0.3) is 0 Å². The van der Waals surface area contributed by atoms with Gasteiger partial charge in [0, 0.05) is 4.90 Å². The van der Waals surface area contributed by atoms with Gasteiger partial charge in [-0.25, -0.2) is 0 Å². The van der Waals surface area contributed by atoms with Crippen molar-refractivity contribution in [1.82, 2.24) is 5.32 Å². The summed E-state index contributed by atoms with van der Waals surface area (Å²) in [6, 6.07) is 12.2. The van der Waals surface area contributed by atoms with E-state index in [4.69, 9.17) is 0 Å². The summed E-state index contributed by atoms with van der Waals surface area (Å²) < 4.78 is 0. The van der Waals surface area contributed by atoms with Gasteiger partial charge in [-0.15, -0.1) is 11.8 Å². The predicted octanol–water partition coefficient (Wildman–Crippen LogP) is 3.37. The second kappa shape index (κ2) is 6.81. The van der Waals surface area contributed by atoms with Crippen LogP contribution < -0.4 is 5.32 Å². The smallest absolute Gasteiger partial charge is 0.231 e. The number of hydrogen-bond acceptors (Lipinski definition) is 3. The molecule has 0 radical (unpaired) electrons. The van der Waals surface area contributed by atoms with Crippen molar-refractivity contribution in [3.63, 3.8) is 0 Å². The van der Waals surface area contributed by atoms with Crippen molar-refractivity contribution < 1.29 is 4.79 Å². The van der Waals surface area contributed by atoms with Crippen molar-refractivity contribution in [3.8, 4) is 6.07 Å². The Balaban J connectivity index is 1.85. The third-order valence-corrected chi connectivity index (χ3v) is 4.85. The fraction of sp³-hybridized carbons (Fsp3) is 0.500. The number of amides is 1. The second-order valence-corrected chi connectivity index (χ2v) is 6.58. The van der Waals surface area contributed by atoms with Crippen LogP contribution in [0.3, 0.4) is 0 Å². The molecule has 0 saturated heterocycles. The summed E-state index contributed by atoms with van der Waals surface area (Å²) in [4.78, 5) is 13.1. The highest BCUT2D eigenvalue weighted by Gasteiger charge is 2.35. The lowest BCUT2D eigenvalue weighted by atomic mass is 9.78. The first-order chi connectivity index (χ1) is 9.63. The summed E-state index contributed by atoms with van der Waals surface area (Å²) >= 11 is 1.51. The molecular formula is C16H20N2OS. The van der Waals surface area contributed by atoms with Gasteiger partial charge >= 0.3 is 0 Å². The summed E-state index contributed by atoms with van der Waals surface area (Å²) in [5, 5.41) is 12.3. The Morgan fingerprint density at radius 2 is 2.05 bits per heavy atom. The van der Waals surface area contributed by atoms with E-state index in [9.17, 15) is 10.1 Å². The van der Waals surface area contributed by atoms with Gasteiger partial charge in [-0.05, 0) is 43.7 Å². The standard InChI is InChI=1S/C16H20N2OS/c1-13-7-9-16(12-17,10-8-13)18-15(19)11-20-14-5-3-2-4-6-14/h2-6,13H,7-11H2,1H3,(H,18,19). The van der Waals surface area contributed by atoms with E-state index in [1.165, 1.54) is 11.8 Å². The molecule has 4 heteroatoms. The molecule has 1 saturated carbocycles. The number of carbonyl (C=O) groups is 1. The zero-order valence-corrected chi connectivity index (χ0v) is 12.6. The molecule has 0 atom stereocenters. The average molecular weight is 288 g/mol. The number of hydrogen-bond donors (Lipinski definition) is 1. The van der Waals surface area contributed by atoms with E-state index in [0.717, 1.165) is 30.6 Å². The molecule has 0 unspecified atom stereocenters. The lowest BCUT2D eigenvalue weighted by Gasteiger charge is -2.34. The average Bonchev–Trinajstić information content (AvgIpc) is 2.49. The Morgan fingerprint density at radius 3 is 2.65 bits per heavy atom. The minimum atomic E-state index is -0.638. The lowest BCUT2D eigenvalue weighted by Crippen LogP contribution is -2.50. The van der Waals surface area contributed by atoms with Crippen molar-refractivity contribution in [1.29, 1.82) is 5.26 Å². The number of carbonyl (C=O) groups excluding carboxylic acids is 1. The van der Waals surface area contributed by atoms with Crippen LogP contribution in [0.4, 0.5) is 0 Å². The summed E-state index contributed by atoms with van der Waals surface area (Å²) in [5.41, 5.74) is -0.638. The quantitative estimate of drug-likeness (QED) is 0.864. The van der Waals surface area contributed by atoms with Crippen LogP contribution in [0.25, 0.3) is 0 Å². The highest BCUT2D eigenvalue weighted by molar-refractivity contribution is 8.00. The van der Waals surface area contributed by atoms with Gasteiger partial charge in [-0.2, -0.15) is 5.26 Å². The fourth-order valence-corrected chi connectivity index (χ4v) is 3.21. The highest BCUT2D eigenvalue weighted by atomic mass is 32.2. The van der Waals surface area contributed by atoms with Crippen molar-refractivity contribution in [3.05, 3.63) is 30.3 Å². The van der Waals surface area contributed by atoms with E-state index in [-0.39, 0.29) is 5.91 Å². The van der Waals surface area contributed by atoms with E-state index >= 15 is 0 Å². The largest absolute Gasteiger partial charge is 0.337 e. The van der Waals surface area contributed by atoms with Crippen LogP contribution >= 0.6 is 11.8 Å². The van der Waals surface area contributed by atoms with Gasteiger partial charge in [-0.3, -0.25) is 4.79 Å². The van der Waals surface area contributed by atoms with Crippen LogP contribution in [0.1, 0.15) is 32.6 Å². The van der Waals surface area contributed by atoms with E-state index in [1.54, 1.807) is 0 Å². The molecule has 0 heterocycles. The zero-order valence-electron chi connectivity index (χ0n) is 11.8. The Hall–Kier alpha value is -1.47. The third-order valence-electron chi connectivity index (χ3n) is 3.83. The molecule has 1 aliphatic rings. The van der Waals surface area contributed by atoms with Crippen LogP contribution in [0, 0.1) is 17.2 Å². The van der Waals surface area contributed by atoms with E-state index in [2.05, 4.69) is 18.3 Å². The monoisotopic (exact) mass is 288 g/mol. The molecule has 106 valence electrons. The summed E-state index contributed by atoms with van der Waals surface area (Å²) in [6.45, 7) is 2.20. The van der Waals surface area contributed by atoms with E-state index < -0.39 is 5.54 Å². The van der Waals surface area contributed by atoms with Crippen molar-refractivity contribution in [2.24, 2.45) is 5.92 Å². The number of rotatable bonds is 4. The van der Waals surface area contributed by atoms with Crippen molar-refractivity contribution in [2.75, 3.05) is 5.75 Å². The number of nitrogens with zero attached hydrogens (tertiary/aromatic N) is 1. The molecule has 0 spiro atoms. The topological polar surface area (TPSA) is 52.9 Å². The van der Waals surface area contributed by atoms with Crippen molar-refractivity contribution >= 4 is 17.7 Å².